The van der Waals surface area contributed by atoms with Gasteiger partial charge in [0.25, 0.3) is 0 Å². The van der Waals surface area contributed by atoms with Crippen molar-refractivity contribution in [3.63, 3.8) is 0 Å². The van der Waals surface area contributed by atoms with Crippen LogP contribution in [0.1, 0.15) is 12.8 Å². The number of nitrogens with one attached hydrogen (secondary N) is 2. The maximum atomic E-state index is 12.5. The Hall–Kier alpha value is -2.99. The Morgan fingerprint density at radius 2 is 1.78 bits per heavy atom. The van der Waals surface area contributed by atoms with Crippen LogP contribution in [-0.2, 0) is 11.5 Å². The number of anilines is 1. The number of quaternary nitrogens is 1. The summed E-state index contributed by atoms with van der Waals surface area (Å²) < 4.78 is 1.90. The van der Waals surface area contributed by atoms with Gasteiger partial charge >= 0.3 is 0 Å². The molecule has 138 valence electrons. The number of para-hydroxylation sites is 2. The van der Waals surface area contributed by atoms with Crippen molar-refractivity contribution < 1.29 is 9.69 Å². The lowest BCUT2D eigenvalue weighted by molar-refractivity contribution is -0.928. The van der Waals surface area contributed by atoms with E-state index in [1.807, 2.05) is 59.3 Å². The summed E-state index contributed by atoms with van der Waals surface area (Å²) in [7, 11) is 0. The van der Waals surface area contributed by atoms with Crippen LogP contribution in [0.2, 0.25) is 0 Å². The zero-order valence-corrected chi connectivity index (χ0v) is 15.1. The van der Waals surface area contributed by atoms with Crippen LogP contribution in [0.3, 0.4) is 0 Å². The molecule has 2 aromatic carbocycles. The van der Waals surface area contributed by atoms with Crippen molar-refractivity contribution in [2.75, 3.05) is 18.4 Å². The van der Waals surface area contributed by atoms with E-state index >= 15 is 0 Å². The maximum absolute atomic E-state index is 12.5. The molecule has 0 unspecified atom stereocenters. The van der Waals surface area contributed by atoms with E-state index in [4.69, 9.17) is 0 Å². The minimum atomic E-state index is -0.0480. The first-order chi connectivity index (χ1) is 13.2. The van der Waals surface area contributed by atoms with Gasteiger partial charge in [-0.1, -0.05) is 30.3 Å². The second-order valence-corrected chi connectivity index (χ2v) is 7.06. The van der Waals surface area contributed by atoms with E-state index in [1.54, 1.807) is 0 Å². The van der Waals surface area contributed by atoms with Gasteiger partial charge in [-0.15, -0.1) is 0 Å². The first-order valence-electron chi connectivity index (χ1n) is 9.35. The molecule has 2 N–H and O–H groups in total. The van der Waals surface area contributed by atoms with E-state index in [1.165, 1.54) is 11.1 Å². The zero-order valence-electron chi connectivity index (χ0n) is 15.1. The fourth-order valence-corrected chi connectivity index (χ4v) is 3.71. The van der Waals surface area contributed by atoms with Crippen LogP contribution in [0, 0.1) is 5.92 Å². The minimum Gasteiger partial charge on any atom is -0.326 e. The summed E-state index contributed by atoms with van der Waals surface area (Å²) >= 11 is 0. The van der Waals surface area contributed by atoms with E-state index in [9.17, 15) is 9.59 Å². The monoisotopic (exact) mass is 363 g/mol. The summed E-state index contributed by atoms with van der Waals surface area (Å²) in [5.41, 5.74) is 1.66. The molecule has 4 rings (SSSR count). The van der Waals surface area contributed by atoms with Crippen molar-refractivity contribution in [2.45, 2.75) is 19.5 Å². The minimum absolute atomic E-state index is 0.0480. The lowest BCUT2D eigenvalue weighted by atomic mass is 9.96. The SMILES string of the molecule is O=C(Nc1ccccc1)C1CC[NH+](Cn2ncc(=O)c3ccccc32)CC1. The quantitative estimate of drug-likeness (QED) is 0.734. The van der Waals surface area contributed by atoms with Crippen molar-refractivity contribution in [1.82, 2.24) is 9.78 Å². The van der Waals surface area contributed by atoms with Crippen molar-refractivity contribution >= 4 is 22.5 Å². The van der Waals surface area contributed by atoms with Crippen LogP contribution in [0.4, 0.5) is 5.69 Å². The molecule has 1 amide bonds. The van der Waals surface area contributed by atoms with Gasteiger partial charge in [-0.3, -0.25) is 9.59 Å². The molecule has 3 aromatic rings. The van der Waals surface area contributed by atoms with Gasteiger partial charge in [-0.25, -0.2) is 4.68 Å². The number of nitrogens with zero attached hydrogens (tertiary/aromatic N) is 2. The number of piperidine rings is 1. The number of benzene rings is 2. The van der Waals surface area contributed by atoms with Crippen molar-refractivity contribution in [1.29, 1.82) is 0 Å². The number of hydrogen-bond acceptors (Lipinski definition) is 3. The Bertz CT molecular complexity index is 992. The summed E-state index contributed by atoms with van der Waals surface area (Å²) in [5.74, 6) is 0.153. The second-order valence-electron chi connectivity index (χ2n) is 7.06. The Balaban J connectivity index is 1.38. The molecule has 2 heterocycles. The molecule has 0 bridgehead atoms. The molecule has 0 aliphatic carbocycles. The number of amides is 1. The van der Waals surface area contributed by atoms with Crippen LogP contribution >= 0.6 is 0 Å². The third-order valence-electron chi connectivity index (χ3n) is 5.24. The standard InChI is InChI=1S/C21H22N4O2/c26-20-14-22-25(19-9-5-4-8-18(19)20)15-24-12-10-16(11-13-24)21(27)23-17-6-2-1-3-7-17/h1-9,14,16H,10-13,15H2,(H,23,27)/p+1. The average molecular weight is 363 g/mol. The third kappa shape index (κ3) is 3.90. The van der Waals surface area contributed by atoms with E-state index < -0.39 is 0 Å². The first kappa shape index (κ1) is 17.4. The summed E-state index contributed by atoms with van der Waals surface area (Å²) in [6, 6.07) is 17.2. The van der Waals surface area contributed by atoms with E-state index in [0.29, 0.717) is 12.1 Å². The summed E-state index contributed by atoms with van der Waals surface area (Å²) in [6.07, 6.45) is 3.10. The van der Waals surface area contributed by atoms with Crippen molar-refractivity contribution in [3.8, 4) is 0 Å². The molecule has 27 heavy (non-hydrogen) atoms. The maximum Gasteiger partial charge on any atom is 0.227 e. The third-order valence-corrected chi connectivity index (χ3v) is 5.24. The van der Waals surface area contributed by atoms with Crippen molar-refractivity contribution in [3.05, 3.63) is 71.0 Å². The van der Waals surface area contributed by atoms with Crippen LogP contribution in [0.5, 0.6) is 0 Å². The summed E-state index contributed by atoms with van der Waals surface area (Å²) in [6.45, 7) is 2.53. The molecule has 1 aliphatic rings. The van der Waals surface area contributed by atoms with Gasteiger partial charge in [0.1, 0.15) is 0 Å². The van der Waals surface area contributed by atoms with Gasteiger partial charge in [0.05, 0.1) is 24.8 Å². The molecule has 0 atom stereocenters. The highest BCUT2D eigenvalue weighted by Gasteiger charge is 2.27. The van der Waals surface area contributed by atoms with Gasteiger partial charge in [0.2, 0.25) is 11.3 Å². The van der Waals surface area contributed by atoms with Crippen LogP contribution in [0.15, 0.2) is 65.6 Å². The highest BCUT2D eigenvalue weighted by molar-refractivity contribution is 5.92. The zero-order chi connectivity index (χ0) is 18.6. The molecule has 0 radical (unpaired) electrons. The highest BCUT2D eigenvalue weighted by atomic mass is 16.2. The Labute approximate surface area is 157 Å². The Morgan fingerprint density at radius 3 is 2.56 bits per heavy atom. The Kier molecular flexibility index (Phi) is 4.98. The van der Waals surface area contributed by atoms with E-state index in [0.717, 1.165) is 37.1 Å². The molecule has 0 saturated carbocycles. The second kappa shape index (κ2) is 7.72. The lowest BCUT2D eigenvalue weighted by Gasteiger charge is -2.29. The molecular formula is C21H23N4O2+. The van der Waals surface area contributed by atoms with Gasteiger partial charge < -0.3 is 10.2 Å². The first-order valence-corrected chi connectivity index (χ1v) is 9.35. The number of carbonyl (C=O) groups excluding carboxylic acids is 1. The van der Waals surface area contributed by atoms with Crippen LogP contribution in [0.25, 0.3) is 10.9 Å². The predicted molar refractivity (Wildman–Crippen MR) is 104 cm³/mol. The van der Waals surface area contributed by atoms with E-state index in [2.05, 4.69) is 10.4 Å². The molecule has 1 aliphatic heterocycles. The van der Waals surface area contributed by atoms with Crippen LogP contribution in [-0.4, -0.2) is 28.8 Å². The fourth-order valence-electron chi connectivity index (χ4n) is 3.71. The number of fused-ring (bicyclic) bond motifs is 1. The van der Waals surface area contributed by atoms with Gasteiger partial charge in [-0.05, 0) is 24.3 Å². The van der Waals surface area contributed by atoms with Gasteiger partial charge in [0, 0.05) is 29.8 Å². The van der Waals surface area contributed by atoms with Gasteiger partial charge in [-0.2, -0.15) is 5.10 Å². The lowest BCUT2D eigenvalue weighted by Crippen LogP contribution is -3.12. The molecule has 6 nitrogen and oxygen atoms in total. The number of rotatable bonds is 4. The fraction of sp³-hybridized carbons (Fsp3) is 0.286. The molecular weight excluding hydrogens is 340 g/mol. The number of carbonyl (C=O) groups is 1. The number of likely N-dealkylation sites (tertiary alicyclic amines) is 1. The smallest absolute Gasteiger partial charge is 0.227 e. The normalized spacial score (nSPS) is 19.7. The molecule has 1 aromatic heterocycles. The molecule has 0 spiro atoms. The Morgan fingerprint density at radius 1 is 1.07 bits per heavy atom. The molecule has 6 heteroatoms. The van der Waals surface area contributed by atoms with E-state index in [-0.39, 0.29) is 17.3 Å². The van der Waals surface area contributed by atoms with Gasteiger partial charge in [0.15, 0.2) is 6.67 Å². The summed E-state index contributed by atoms with van der Waals surface area (Å²) in [4.78, 5) is 25.8. The largest absolute Gasteiger partial charge is 0.326 e. The van der Waals surface area contributed by atoms with Crippen LogP contribution < -0.4 is 15.6 Å². The molecule has 1 saturated heterocycles. The number of hydrogen-bond donors (Lipinski definition) is 2. The van der Waals surface area contributed by atoms with Crippen molar-refractivity contribution in [2.24, 2.45) is 5.92 Å². The molecule has 1 fully saturated rings. The predicted octanol–water partition coefficient (Wildman–Crippen LogP) is 1.29. The number of aromatic nitrogens is 2. The summed E-state index contributed by atoms with van der Waals surface area (Å²) in [5, 5.41) is 8.02. The topological polar surface area (TPSA) is 68.4 Å². The highest BCUT2D eigenvalue weighted by Crippen LogP contribution is 2.14. The average Bonchev–Trinajstić information content (AvgIpc) is 2.71.